The Balaban J connectivity index is 1.73. The third kappa shape index (κ3) is 4.48. The highest BCUT2D eigenvalue weighted by Gasteiger charge is 2.12. The third-order valence-corrected chi connectivity index (χ3v) is 4.69. The van der Waals surface area contributed by atoms with E-state index >= 15 is 0 Å². The summed E-state index contributed by atoms with van der Waals surface area (Å²) >= 11 is 9.47. The number of anilines is 1. The van der Waals surface area contributed by atoms with Crippen molar-refractivity contribution < 1.29 is 9.53 Å². The Morgan fingerprint density at radius 3 is 2.93 bits per heavy atom. The van der Waals surface area contributed by atoms with Gasteiger partial charge in [-0.25, -0.2) is 4.98 Å². The number of carbonyl (C=O) groups excluding carboxylic acids is 1. The van der Waals surface area contributed by atoms with E-state index in [0.29, 0.717) is 34.0 Å². The summed E-state index contributed by atoms with van der Waals surface area (Å²) in [4.78, 5) is 29.2. The number of carbonyl (C=O) groups is 1. The molecule has 1 N–H and O–H groups in total. The largest absolute Gasteiger partial charge is 0.490 e. The second kappa shape index (κ2) is 8.54. The number of benzene rings is 2. The van der Waals surface area contributed by atoms with Gasteiger partial charge in [-0.2, -0.15) is 0 Å². The predicted octanol–water partition coefficient (Wildman–Crippen LogP) is 4.24. The second-order valence-corrected chi connectivity index (χ2v) is 7.08. The molecule has 0 saturated carbocycles. The first-order valence-electron chi connectivity index (χ1n) is 8.35. The van der Waals surface area contributed by atoms with E-state index in [2.05, 4.69) is 26.2 Å². The van der Waals surface area contributed by atoms with Crippen molar-refractivity contribution in [1.29, 1.82) is 0 Å². The van der Waals surface area contributed by atoms with Crippen LogP contribution in [-0.2, 0) is 11.3 Å². The number of nitrogens with zero attached hydrogens (tertiary/aromatic N) is 2. The van der Waals surface area contributed by atoms with Crippen molar-refractivity contribution in [2.24, 2.45) is 0 Å². The second-order valence-electron chi connectivity index (χ2n) is 5.75. The quantitative estimate of drug-likeness (QED) is 0.610. The van der Waals surface area contributed by atoms with Crippen LogP contribution in [0.5, 0.6) is 5.75 Å². The van der Waals surface area contributed by atoms with Gasteiger partial charge in [0, 0.05) is 17.4 Å². The van der Waals surface area contributed by atoms with Crippen LogP contribution in [0.1, 0.15) is 13.3 Å². The smallest absolute Gasteiger partial charge is 0.261 e. The molecule has 2 aromatic carbocycles. The van der Waals surface area contributed by atoms with E-state index < -0.39 is 0 Å². The van der Waals surface area contributed by atoms with Gasteiger partial charge in [0.2, 0.25) is 5.91 Å². The normalized spacial score (nSPS) is 10.8. The SMILES string of the molecule is CCOc1c(Cl)cccc1NC(=O)CCn1cnc2ccc(Br)cc2c1=O. The molecule has 0 atom stereocenters. The zero-order valence-electron chi connectivity index (χ0n) is 14.5. The van der Waals surface area contributed by atoms with Gasteiger partial charge in [-0.15, -0.1) is 0 Å². The molecular formula is C19H17BrClN3O3. The number of halogens is 2. The highest BCUT2D eigenvalue weighted by Crippen LogP contribution is 2.32. The van der Waals surface area contributed by atoms with Gasteiger partial charge in [0.1, 0.15) is 0 Å². The Bertz CT molecular complexity index is 1050. The monoisotopic (exact) mass is 449 g/mol. The number of amides is 1. The minimum Gasteiger partial charge on any atom is -0.490 e. The first-order valence-corrected chi connectivity index (χ1v) is 9.52. The molecule has 0 saturated heterocycles. The molecule has 0 spiro atoms. The molecule has 1 aromatic heterocycles. The number of nitrogens with one attached hydrogen (secondary N) is 1. The van der Waals surface area contributed by atoms with E-state index in [-0.39, 0.29) is 24.4 Å². The molecule has 1 heterocycles. The molecule has 6 nitrogen and oxygen atoms in total. The van der Waals surface area contributed by atoms with Crippen LogP contribution in [0.3, 0.4) is 0 Å². The molecule has 3 rings (SSSR count). The summed E-state index contributed by atoms with van der Waals surface area (Å²) in [6.07, 6.45) is 1.57. The van der Waals surface area contributed by atoms with Crippen molar-refractivity contribution in [3.8, 4) is 5.75 Å². The topological polar surface area (TPSA) is 73.2 Å². The zero-order chi connectivity index (χ0) is 19.4. The number of fused-ring (bicyclic) bond motifs is 1. The molecule has 1 amide bonds. The Labute approximate surface area is 169 Å². The van der Waals surface area contributed by atoms with Crippen LogP contribution in [0.2, 0.25) is 5.02 Å². The molecule has 0 unspecified atom stereocenters. The van der Waals surface area contributed by atoms with Crippen LogP contribution in [0.4, 0.5) is 5.69 Å². The van der Waals surface area contributed by atoms with Gasteiger partial charge in [0.15, 0.2) is 5.75 Å². The highest BCUT2D eigenvalue weighted by molar-refractivity contribution is 9.10. The lowest BCUT2D eigenvalue weighted by Crippen LogP contribution is -2.23. The zero-order valence-corrected chi connectivity index (χ0v) is 16.9. The summed E-state index contributed by atoms with van der Waals surface area (Å²) in [5, 5.41) is 3.71. The van der Waals surface area contributed by atoms with Gasteiger partial charge in [0.05, 0.1) is 34.5 Å². The lowest BCUT2D eigenvalue weighted by atomic mass is 10.2. The number of ether oxygens (including phenoxy) is 1. The fourth-order valence-electron chi connectivity index (χ4n) is 2.62. The molecule has 8 heteroatoms. The summed E-state index contributed by atoms with van der Waals surface area (Å²) in [7, 11) is 0. The van der Waals surface area contributed by atoms with Gasteiger partial charge < -0.3 is 10.1 Å². The Morgan fingerprint density at radius 1 is 1.33 bits per heavy atom. The summed E-state index contributed by atoms with van der Waals surface area (Å²) < 4.78 is 7.72. The van der Waals surface area contributed by atoms with E-state index in [1.165, 1.54) is 10.9 Å². The molecular weight excluding hydrogens is 434 g/mol. The fourth-order valence-corrected chi connectivity index (χ4v) is 3.21. The molecule has 0 aliphatic carbocycles. The van der Waals surface area contributed by atoms with Crippen LogP contribution in [0.15, 0.2) is 52.0 Å². The number of hydrogen-bond acceptors (Lipinski definition) is 4. The van der Waals surface area contributed by atoms with Gasteiger partial charge in [0.25, 0.3) is 5.56 Å². The molecule has 0 radical (unpaired) electrons. The van der Waals surface area contributed by atoms with E-state index in [1.807, 2.05) is 13.0 Å². The molecule has 27 heavy (non-hydrogen) atoms. The van der Waals surface area contributed by atoms with Crippen LogP contribution in [0, 0.1) is 0 Å². The van der Waals surface area contributed by atoms with Gasteiger partial charge in [-0.05, 0) is 37.3 Å². The Kier molecular flexibility index (Phi) is 6.13. The van der Waals surface area contributed by atoms with Crippen LogP contribution >= 0.6 is 27.5 Å². The van der Waals surface area contributed by atoms with Crippen molar-refractivity contribution in [3.63, 3.8) is 0 Å². The number of aromatic nitrogens is 2. The number of rotatable bonds is 6. The molecule has 0 aliphatic rings. The summed E-state index contributed by atoms with van der Waals surface area (Å²) in [5.41, 5.74) is 0.929. The third-order valence-electron chi connectivity index (χ3n) is 3.90. The number of hydrogen-bond donors (Lipinski definition) is 1. The van der Waals surface area contributed by atoms with Gasteiger partial charge >= 0.3 is 0 Å². The molecule has 0 fully saturated rings. The highest BCUT2D eigenvalue weighted by atomic mass is 79.9. The van der Waals surface area contributed by atoms with Crippen molar-refractivity contribution in [2.45, 2.75) is 19.9 Å². The van der Waals surface area contributed by atoms with E-state index in [9.17, 15) is 9.59 Å². The summed E-state index contributed by atoms with van der Waals surface area (Å²) in [5.74, 6) is 0.184. The minimum absolute atomic E-state index is 0.110. The maximum absolute atomic E-state index is 12.6. The molecule has 0 aliphatic heterocycles. The van der Waals surface area contributed by atoms with Crippen LogP contribution < -0.4 is 15.6 Å². The maximum Gasteiger partial charge on any atom is 0.261 e. The Hall–Kier alpha value is -2.38. The van der Waals surface area contributed by atoms with Crippen molar-refractivity contribution >= 4 is 50.0 Å². The minimum atomic E-state index is -0.251. The molecule has 0 bridgehead atoms. The Morgan fingerprint density at radius 2 is 2.15 bits per heavy atom. The van der Waals surface area contributed by atoms with Gasteiger partial charge in [-0.1, -0.05) is 33.6 Å². The van der Waals surface area contributed by atoms with E-state index in [4.69, 9.17) is 16.3 Å². The number of aryl methyl sites for hydroxylation is 1. The molecule has 140 valence electrons. The first kappa shape index (κ1) is 19.4. The van der Waals surface area contributed by atoms with Crippen molar-refractivity contribution in [1.82, 2.24) is 9.55 Å². The first-order chi connectivity index (χ1) is 13.0. The molecule has 3 aromatic rings. The summed E-state index contributed by atoms with van der Waals surface area (Å²) in [6, 6.07) is 10.5. The average Bonchev–Trinajstić information content (AvgIpc) is 2.64. The van der Waals surface area contributed by atoms with E-state index in [1.54, 1.807) is 30.3 Å². The van der Waals surface area contributed by atoms with Gasteiger partial charge in [-0.3, -0.25) is 14.2 Å². The lowest BCUT2D eigenvalue weighted by molar-refractivity contribution is -0.116. The lowest BCUT2D eigenvalue weighted by Gasteiger charge is -2.13. The van der Waals surface area contributed by atoms with Crippen molar-refractivity contribution in [3.05, 3.63) is 62.6 Å². The number of para-hydroxylation sites is 1. The standard InChI is InChI=1S/C19H17BrClN3O3/c1-2-27-18-14(21)4-3-5-16(18)23-17(25)8-9-24-11-22-15-7-6-12(20)10-13(15)19(24)26/h3-7,10-11H,2,8-9H2,1H3,(H,23,25). The summed E-state index contributed by atoms with van der Waals surface area (Å²) in [6.45, 7) is 2.48. The van der Waals surface area contributed by atoms with Crippen molar-refractivity contribution in [2.75, 3.05) is 11.9 Å². The van der Waals surface area contributed by atoms with Crippen LogP contribution in [-0.4, -0.2) is 22.1 Å². The average molecular weight is 451 g/mol. The van der Waals surface area contributed by atoms with Crippen LogP contribution in [0.25, 0.3) is 10.9 Å². The fraction of sp³-hybridized carbons (Fsp3) is 0.211. The maximum atomic E-state index is 12.6. The predicted molar refractivity (Wildman–Crippen MR) is 110 cm³/mol. The van der Waals surface area contributed by atoms with E-state index in [0.717, 1.165) is 4.47 Å².